The zero-order valence-electron chi connectivity index (χ0n) is 15.6. The zero-order valence-corrected chi connectivity index (χ0v) is 16.3. The summed E-state index contributed by atoms with van der Waals surface area (Å²) in [7, 11) is 0. The van der Waals surface area contributed by atoms with Crippen molar-refractivity contribution >= 4 is 35.1 Å². The molecule has 0 aliphatic carbocycles. The monoisotopic (exact) mass is 418 g/mol. The molecule has 0 bridgehead atoms. The number of esters is 1. The van der Waals surface area contributed by atoms with Crippen molar-refractivity contribution in [1.29, 1.82) is 0 Å². The molecule has 1 atom stereocenters. The molecular formula is C21H20ClFN2O4. The van der Waals surface area contributed by atoms with Crippen LogP contribution in [0.25, 0.3) is 0 Å². The Morgan fingerprint density at radius 1 is 1.21 bits per heavy atom. The van der Waals surface area contributed by atoms with Gasteiger partial charge in [-0.25, -0.2) is 4.39 Å². The Balaban J connectivity index is 1.43. The standard InChI is InChI=1S/C21H20ClFN2O4/c22-16-5-3-4-14(10-16)8-9-24-19(26)13-29-21(28)15-11-20(27)25(12-15)18-7-2-1-6-17(18)23/h1-7,10,15H,8-9,11-13H2,(H,24,26)/t15-/m1/s1. The summed E-state index contributed by atoms with van der Waals surface area (Å²) in [6, 6.07) is 13.2. The van der Waals surface area contributed by atoms with E-state index in [1.807, 2.05) is 18.2 Å². The van der Waals surface area contributed by atoms with Gasteiger partial charge in [0, 0.05) is 24.5 Å². The number of hydrogen-bond donors (Lipinski definition) is 1. The van der Waals surface area contributed by atoms with Gasteiger partial charge in [0.25, 0.3) is 5.91 Å². The van der Waals surface area contributed by atoms with Crippen LogP contribution in [0.4, 0.5) is 10.1 Å². The lowest BCUT2D eigenvalue weighted by molar-refractivity contribution is -0.152. The van der Waals surface area contributed by atoms with Gasteiger partial charge in [-0.05, 0) is 36.2 Å². The number of halogens is 2. The molecule has 0 spiro atoms. The third kappa shape index (κ3) is 5.54. The van der Waals surface area contributed by atoms with Gasteiger partial charge in [-0.2, -0.15) is 0 Å². The van der Waals surface area contributed by atoms with Crippen LogP contribution in [-0.2, 0) is 25.5 Å². The van der Waals surface area contributed by atoms with Gasteiger partial charge in [-0.1, -0.05) is 35.9 Å². The van der Waals surface area contributed by atoms with Gasteiger partial charge < -0.3 is 15.0 Å². The van der Waals surface area contributed by atoms with E-state index in [0.717, 1.165) is 5.56 Å². The summed E-state index contributed by atoms with van der Waals surface area (Å²) in [4.78, 5) is 37.4. The van der Waals surface area contributed by atoms with Crippen molar-refractivity contribution in [2.75, 3.05) is 24.6 Å². The van der Waals surface area contributed by atoms with Gasteiger partial charge in [-0.15, -0.1) is 0 Å². The van der Waals surface area contributed by atoms with E-state index in [-0.39, 0.29) is 24.6 Å². The highest BCUT2D eigenvalue weighted by Crippen LogP contribution is 2.27. The fourth-order valence-electron chi connectivity index (χ4n) is 3.11. The number of ether oxygens (including phenoxy) is 1. The highest BCUT2D eigenvalue weighted by atomic mass is 35.5. The second kappa shape index (κ2) is 9.52. The van der Waals surface area contributed by atoms with Crippen molar-refractivity contribution in [3.05, 3.63) is 64.9 Å². The van der Waals surface area contributed by atoms with Gasteiger partial charge >= 0.3 is 5.97 Å². The number of amides is 2. The predicted octanol–water partition coefficient (Wildman–Crippen LogP) is 2.73. The highest BCUT2D eigenvalue weighted by Gasteiger charge is 2.37. The highest BCUT2D eigenvalue weighted by molar-refractivity contribution is 6.30. The molecular weight excluding hydrogens is 399 g/mol. The summed E-state index contributed by atoms with van der Waals surface area (Å²) in [5.41, 5.74) is 1.11. The van der Waals surface area contributed by atoms with Gasteiger partial charge in [0.2, 0.25) is 5.91 Å². The van der Waals surface area contributed by atoms with Gasteiger partial charge in [-0.3, -0.25) is 14.4 Å². The third-order valence-electron chi connectivity index (χ3n) is 4.57. The summed E-state index contributed by atoms with van der Waals surface area (Å²) in [6.07, 6.45) is 0.512. The van der Waals surface area contributed by atoms with Crippen molar-refractivity contribution in [3.63, 3.8) is 0 Å². The molecule has 0 aromatic heterocycles. The molecule has 1 fully saturated rings. The average molecular weight is 419 g/mol. The van der Waals surface area contributed by atoms with Crippen LogP contribution in [0.2, 0.25) is 5.02 Å². The van der Waals surface area contributed by atoms with Crippen LogP contribution in [0.1, 0.15) is 12.0 Å². The van der Waals surface area contributed by atoms with Crippen molar-refractivity contribution in [2.24, 2.45) is 5.92 Å². The largest absolute Gasteiger partial charge is 0.455 e. The van der Waals surface area contributed by atoms with E-state index in [1.165, 1.54) is 23.1 Å². The maximum atomic E-state index is 13.9. The van der Waals surface area contributed by atoms with Crippen molar-refractivity contribution in [1.82, 2.24) is 5.32 Å². The molecule has 1 saturated heterocycles. The average Bonchev–Trinajstić information content (AvgIpc) is 3.08. The fourth-order valence-corrected chi connectivity index (χ4v) is 3.33. The van der Waals surface area contributed by atoms with E-state index in [9.17, 15) is 18.8 Å². The smallest absolute Gasteiger partial charge is 0.311 e. The first-order chi connectivity index (χ1) is 13.9. The Labute approximate surface area is 172 Å². The minimum atomic E-state index is -0.735. The number of para-hydroxylation sites is 1. The molecule has 3 rings (SSSR count). The lowest BCUT2D eigenvalue weighted by atomic mass is 10.1. The maximum absolute atomic E-state index is 13.9. The summed E-state index contributed by atoms with van der Waals surface area (Å²) >= 11 is 5.91. The number of anilines is 1. The Morgan fingerprint density at radius 2 is 2.00 bits per heavy atom. The van der Waals surface area contributed by atoms with E-state index in [2.05, 4.69) is 5.32 Å². The summed E-state index contributed by atoms with van der Waals surface area (Å²) in [6.45, 7) is -0.0343. The number of hydrogen-bond acceptors (Lipinski definition) is 4. The molecule has 1 aliphatic rings. The van der Waals surface area contributed by atoms with Crippen LogP contribution in [0, 0.1) is 11.7 Å². The Hall–Kier alpha value is -2.93. The molecule has 1 aliphatic heterocycles. The summed E-state index contributed by atoms with van der Waals surface area (Å²) in [5, 5.41) is 3.28. The molecule has 0 saturated carbocycles. The van der Waals surface area contributed by atoms with Crippen molar-refractivity contribution in [3.8, 4) is 0 Å². The first-order valence-corrected chi connectivity index (χ1v) is 9.54. The number of carbonyl (C=O) groups is 3. The topological polar surface area (TPSA) is 75.7 Å². The molecule has 1 N–H and O–H groups in total. The first-order valence-electron chi connectivity index (χ1n) is 9.16. The fraction of sp³-hybridized carbons (Fsp3) is 0.286. The summed E-state index contributed by atoms with van der Waals surface area (Å²) < 4.78 is 18.9. The second-order valence-electron chi connectivity index (χ2n) is 6.69. The molecule has 0 radical (unpaired) electrons. The maximum Gasteiger partial charge on any atom is 0.311 e. The van der Waals surface area contributed by atoms with Crippen molar-refractivity contribution < 1.29 is 23.5 Å². The van der Waals surface area contributed by atoms with Crippen LogP contribution < -0.4 is 10.2 Å². The lowest BCUT2D eigenvalue weighted by Gasteiger charge is -2.17. The number of nitrogens with zero attached hydrogens (tertiary/aromatic N) is 1. The molecule has 152 valence electrons. The molecule has 2 aromatic carbocycles. The molecule has 0 unspecified atom stereocenters. The van der Waals surface area contributed by atoms with Crippen LogP contribution in [0.15, 0.2) is 48.5 Å². The Bertz CT molecular complexity index is 921. The Kier molecular flexibility index (Phi) is 6.82. The van der Waals surface area contributed by atoms with Gasteiger partial charge in [0.1, 0.15) is 5.82 Å². The number of nitrogens with one attached hydrogen (secondary N) is 1. The van der Waals surface area contributed by atoms with Crippen molar-refractivity contribution in [2.45, 2.75) is 12.8 Å². The number of rotatable bonds is 7. The number of carbonyl (C=O) groups excluding carboxylic acids is 3. The Morgan fingerprint density at radius 3 is 2.76 bits per heavy atom. The molecule has 2 amide bonds. The van der Waals surface area contributed by atoms with Crippen LogP contribution in [0.3, 0.4) is 0 Å². The second-order valence-corrected chi connectivity index (χ2v) is 7.13. The quantitative estimate of drug-likeness (QED) is 0.701. The third-order valence-corrected chi connectivity index (χ3v) is 4.81. The normalized spacial score (nSPS) is 16.0. The zero-order chi connectivity index (χ0) is 20.8. The summed E-state index contributed by atoms with van der Waals surface area (Å²) in [5.74, 6) is -2.71. The van der Waals surface area contributed by atoms with Crippen LogP contribution in [-0.4, -0.2) is 37.5 Å². The van der Waals surface area contributed by atoms with E-state index >= 15 is 0 Å². The molecule has 29 heavy (non-hydrogen) atoms. The first kappa shape index (κ1) is 20.8. The van der Waals surface area contributed by atoms with Crippen LogP contribution >= 0.6 is 11.6 Å². The van der Waals surface area contributed by atoms with Gasteiger partial charge in [0.05, 0.1) is 11.6 Å². The minimum Gasteiger partial charge on any atom is -0.455 e. The van der Waals surface area contributed by atoms with E-state index < -0.39 is 30.2 Å². The molecule has 2 aromatic rings. The van der Waals surface area contributed by atoms with Crippen LogP contribution in [0.5, 0.6) is 0 Å². The molecule has 6 nitrogen and oxygen atoms in total. The van der Waals surface area contributed by atoms with E-state index in [1.54, 1.807) is 12.1 Å². The number of benzene rings is 2. The molecule has 8 heteroatoms. The predicted molar refractivity (Wildman–Crippen MR) is 106 cm³/mol. The van der Waals surface area contributed by atoms with E-state index in [0.29, 0.717) is 18.0 Å². The SMILES string of the molecule is O=C(COC(=O)[C@@H]1CC(=O)N(c2ccccc2F)C1)NCCc1cccc(Cl)c1. The minimum absolute atomic E-state index is 0.0228. The molecule has 1 heterocycles. The lowest BCUT2D eigenvalue weighted by Crippen LogP contribution is -2.32. The van der Waals surface area contributed by atoms with E-state index in [4.69, 9.17) is 16.3 Å². The van der Waals surface area contributed by atoms with Gasteiger partial charge in [0.15, 0.2) is 6.61 Å².